The molecule has 0 aliphatic heterocycles. The van der Waals surface area contributed by atoms with Crippen molar-refractivity contribution in [2.75, 3.05) is 11.9 Å². The second kappa shape index (κ2) is 6.40. The highest BCUT2D eigenvalue weighted by atomic mass is 16.2. The number of nitriles is 1. The Hall–Kier alpha value is -2.35. The Morgan fingerprint density at radius 1 is 1.29 bits per heavy atom. The maximum absolute atomic E-state index is 12.1. The van der Waals surface area contributed by atoms with Gasteiger partial charge in [-0.25, -0.2) is 0 Å². The zero-order chi connectivity index (χ0) is 15.4. The molecule has 0 bridgehead atoms. The molecule has 1 aliphatic rings. The normalized spacial score (nSPS) is 19.7. The van der Waals surface area contributed by atoms with E-state index in [2.05, 4.69) is 10.6 Å². The van der Waals surface area contributed by atoms with E-state index < -0.39 is 0 Å². The van der Waals surface area contributed by atoms with Crippen LogP contribution in [-0.4, -0.2) is 18.4 Å². The lowest BCUT2D eigenvalue weighted by Crippen LogP contribution is -2.30. The van der Waals surface area contributed by atoms with Crippen molar-refractivity contribution in [3.05, 3.63) is 29.8 Å². The molecule has 1 aliphatic carbocycles. The summed E-state index contributed by atoms with van der Waals surface area (Å²) in [6.45, 7) is 4.67. The van der Waals surface area contributed by atoms with E-state index in [1.807, 2.05) is 19.9 Å². The number of carbonyl (C=O) groups is 2. The SMILES string of the molecule is CC(C)CNC(=O)C1CC1C(=O)Nc1ccccc1C#N. The lowest BCUT2D eigenvalue weighted by Gasteiger charge is -2.08. The number of benzene rings is 1. The molecule has 1 fully saturated rings. The van der Waals surface area contributed by atoms with Crippen LogP contribution in [0, 0.1) is 29.1 Å². The number of rotatable bonds is 5. The summed E-state index contributed by atoms with van der Waals surface area (Å²) in [5.74, 6) is -0.385. The van der Waals surface area contributed by atoms with Crippen molar-refractivity contribution in [2.45, 2.75) is 20.3 Å². The van der Waals surface area contributed by atoms with Crippen LogP contribution in [0.3, 0.4) is 0 Å². The molecule has 2 rings (SSSR count). The van der Waals surface area contributed by atoms with Crippen molar-refractivity contribution in [2.24, 2.45) is 17.8 Å². The predicted octanol–water partition coefficient (Wildman–Crippen LogP) is 1.91. The second-order valence-corrected chi connectivity index (χ2v) is 5.73. The largest absolute Gasteiger partial charge is 0.356 e. The fraction of sp³-hybridized carbons (Fsp3) is 0.438. The molecule has 0 saturated heterocycles. The molecule has 1 aromatic rings. The molecule has 0 heterocycles. The van der Waals surface area contributed by atoms with E-state index in [9.17, 15) is 9.59 Å². The van der Waals surface area contributed by atoms with Gasteiger partial charge in [0.1, 0.15) is 6.07 Å². The van der Waals surface area contributed by atoms with Gasteiger partial charge in [0.05, 0.1) is 23.1 Å². The highest BCUT2D eigenvalue weighted by Gasteiger charge is 2.48. The molecule has 21 heavy (non-hydrogen) atoms. The molecule has 5 heteroatoms. The second-order valence-electron chi connectivity index (χ2n) is 5.73. The number of para-hydroxylation sites is 1. The smallest absolute Gasteiger partial charge is 0.228 e. The summed E-state index contributed by atoms with van der Waals surface area (Å²) in [7, 11) is 0. The lowest BCUT2D eigenvalue weighted by molar-refractivity contribution is -0.125. The van der Waals surface area contributed by atoms with Gasteiger partial charge in [-0.15, -0.1) is 0 Å². The number of nitrogens with one attached hydrogen (secondary N) is 2. The minimum Gasteiger partial charge on any atom is -0.356 e. The number of amides is 2. The first-order valence-electron chi connectivity index (χ1n) is 7.10. The van der Waals surface area contributed by atoms with E-state index >= 15 is 0 Å². The molecular weight excluding hydrogens is 266 g/mol. The highest BCUT2D eigenvalue weighted by molar-refractivity contribution is 6.00. The van der Waals surface area contributed by atoms with E-state index in [4.69, 9.17) is 5.26 Å². The number of hydrogen-bond acceptors (Lipinski definition) is 3. The van der Waals surface area contributed by atoms with Crippen molar-refractivity contribution in [1.82, 2.24) is 5.32 Å². The summed E-state index contributed by atoms with van der Waals surface area (Å²) in [5, 5.41) is 14.6. The van der Waals surface area contributed by atoms with Crippen LogP contribution in [0.4, 0.5) is 5.69 Å². The van der Waals surface area contributed by atoms with Gasteiger partial charge in [0.15, 0.2) is 0 Å². The van der Waals surface area contributed by atoms with Gasteiger partial charge < -0.3 is 10.6 Å². The number of hydrogen-bond donors (Lipinski definition) is 2. The van der Waals surface area contributed by atoms with Crippen molar-refractivity contribution in [1.29, 1.82) is 5.26 Å². The Balaban J connectivity index is 1.89. The van der Waals surface area contributed by atoms with Crippen LogP contribution in [0.2, 0.25) is 0 Å². The van der Waals surface area contributed by atoms with Gasteiger partial charge in [-0.3, -0.25) is 9.59 Å². The predicted molar refractivity (Wildman–Crippen MR) is 79.2 cm³/mol. The molecule has 5 nitrogen and oxygen atoms in total. The number of anilines is 1. The first kappa shape index (κ1) is 15.0. The molecule has 2 atom stereocenters. The number of nitrogens with zero attached hydrogens (tertiary/aromatic N) is 1. The first-order chi connectivity index (χ1) is 10.0. The van der Waals surface area contributed by atoms with Crippen molar-refractivity contribution in [3.8, 4) is 6.07 Å². The summed E-state index contributed by atoms with van der Waals surface area (Å²) in [4.78, 5) is 24.0. The van der Waals surface area contributed by atoms with Crippen molar-refractivity contribution in [3.63, 3.8) is 0 Å². The van der Waals surface area contributed by atoms with Crippen LogP contribution in [0.25, 0.3) is 0 Å². The van der Waals surface area contributed by atoms with Crippen LogP contribution in [0.1, 0.15) is 25.8 Å². The molecule has 0 spiro atoms. The Morgan fingerprint density at radius 2 is 1.95 bits per heavy atom. The summed E-state index contributed by atoms with van der Waals surface area (Å²) >= 11 is 0. The van der Waals surface area contributed by atoms with Gasteiger partial charge in [-0.2, -0.15) is 5.26 Å². The summed E-state index contributed by atoms with van der Waals surface area (Å²) < 4.78 is 0. The molecule has 2 N–H and O–H groups in total. The Morgan fingerprint density at radius 3 is 2.62 bits per heavy atom. The van der Waals surface area contributed by atoms with Gasteiger partial charge in [-0.1, -0.05) is 26.0 Å². The minimum atomic E-state index is -0.288. The van der Waals surface area contributed by atoms with Gasteiger partial charge in [0.2, 0.25) is 11.8 Å². The Labute approximate surface area is 124 Å². The average Bonchev–Trinajstić information content (AvgIpc) is 3.26. The summed E-state index contributed by atoms with van der Waals surface area (Å²) in [6, 6.07) is 8.87. The van der Waals surface area contributed by atoms with Crippen LogP contribution in [0.5, 0.6) is 0 Å². The molecule has 1 aromatic carbocycles. The average molecular weight is 285 g/mol. The van der Waals surface area contributed by atoms with Gasteiger partial charge in [0, 0.05) is 6.54 Å². The van der Waals surface area contributed by atoms with Crippen LogP contribution >= 0.6 is 0 Å². The fourth-order valence-corrected chi connectivity index (χ4v) is 2.13. The molecular formula is C16H19N3O2. The standard InChI is InChI=1S/C16H19N3O2/c1-10(2)9-18-15(20)12-7-13(12)16(21)19-14-6-4-3-5-11(14)8-17/h3-6,10,12-13H,7,9H2,1-2H3,(H,18,20)(H,19,21). The summed E-state index contributed by atoms with van der Waals surface area (Å²) in [5.41, 5.74) is 0.922. The lowest BCUT2D eigenvalue weighted by atomic mass is 10.2. The molecule has 1 saturated carbocycles. The third-order valence-electron chi connectivity index (χ3n) is 3.45. The molecule has 2 unspecified atom stereocenters. The minimum absolute atomic E-state index is 0.0579. The van der Waals surface area contributed by atoms with Crippen molar-refractivity contribution < 1.29 is 9.59 Å². The first-order valence-corrected chi connectivity index (χ1v) is 7.10. The van der Waals surface area contributed by atoms with Crippen LogP contribution in [-0.2, 0) is 9.59 Å². The Bertz CT molecular complexity index is 589. The Kier molecular flexibility index (Phi) is 4.59. The molecule has 0 radical (unpaired) electrons. The third-order valence-corrected chi connectivity index (χ3v) is 3.45. The maximum atomic E-state index is 12.1. The van der Waals surface area contributed by atoms with Gasteiger partial charge >= 0.3 is 0 Å². The van der Waals surface area contributed by atoms with Gasteiger partial charge in [0.25, 0.3) is 0 Å². The van der Waals surface area contributed by atoms with Gasteiger partial charge in [-0.05, 0) is 24.5 Å². The highest BCUT2D eigenvalue weighted by Crippen LogP contribution is 2.39. The van der Waals surface area contributed by atoms with Crippen molar-refractivity contribution >= 4 is 17.5 Å². The van der Waals surface area contributed by atoms with E-state index in [1.54, 1.807) is 24.3 Å². The zero-order valence-electron chi connectivity index (χ0n) is 12.2. The van der Waals surface area contributed by atoms with E-state index in [0.717, 1.165) is 0 Å². The zero-order valence-corrected chi connectivity index (χ0v) is 12.2. The fourth-order valence-electron chi connectivity index (χ4n) is 2.13. The third kappa shape index (κ3) is 3.82. The molecule has 2 amide bonds. The molecule has 110 valence electrons. The van der Waals surface area contributed by atoms with Crippen LogP contribution in [0.15, 0.2) is 24.3 Å². The topological polar surface area (TPSA) is 82.0 Å². The van der Waals surface area contributed by atoms with E-state index in [-0.39, 0.29) is 23.7 Å². The van der Waals surface area contributed by atoms with E-state index in [0.29, 0.717) is 30.1 Å². The van der Waals surface area contributed by atoms with E-state index in [1.165, 1.54) is 0 Å². The van der Waals surface area contributed by atoms with Crippen LogP contribution < -0.4 is 10.6 Å². The molecule has 0 aromatic heterocycles. The summed E-state index contributed by atoms with van der Waals surface area (Å²) in [6.07, 6.45) is 0.574. The monoisotopic (exact) mass is 285 g/mol. The maximum Gasteiger partial charge on any atom is 0.228 e. The number of carbonyl (C=O) groups excluding carboxylic acids is 2. The quantitative estimate of drug-likeness (QED) is 0.867.